The molecule has 6 rings (SSSR count). The van der Waals surface area contributed by atoms with Gasteiger partial charge < -0.3 is 14.9 Å². The monoisotopic (exact) mass is 386 g/mol. The van der Waals surface area contributed by atoms with Crippen LogP contribution in [0.3, 0.4) is 0 Å². The average Bonchev–Trinajstić information content (AvgIpc) is 3.52. The van der Waals surface area contributed by atoms with Crippen molar-refractivity contribution in [3.8, 4) is 0 Å². The smallest absolute Gasteiger partial charge is 0.303 e. The summed E-state index contributed by atoms with van der Waals surface area (Å²) in [6.45, 7) is 4.54. The number of aliphatic carboxylic acids is 1. The maximum absolute atomic E-state index is 12.1. The second-order valence-corrected chi connectivity index (χ2v) is 11.0. The molecule has 0 bridgehead atoms. The van der Waals surface area contributed by atoms with Crippen LogP contribution >= 0.6 is 0 Å². The van der Waals surface area contributed by atoms with Crippen LogP contribution in [0.1, 0.15) is 65.2 Å². The molecule has 9 atom stereocenters. The maximum Gasteiger partial charge on any atom is 0.303 e. The largest absolute Gasteiger partial charge is 0.481 e. The molecule has 3 unspecified atom stereocenters. The number of hydrogen-bond acceptors (Lipinski definition) is 4. The van der Waals surface area contributed by atoms with Gasteiger partial charge in [-0.3, -0.25) is 9.59 Å². The summed E-state index contributed by atoms with van der Waals surface area (Å²) in [4.78, 5) is 23.3. The van der Waals surface area contributed by atoms with Crippen molar-refractivity contribution >= 4 is 11.8 Å². The van der Waals surface area contributed by atoms with Crippen LogP contribution in [0, 0.1) is 34.5 Å². The van der Waals surface area contributed by atoms with E-state index in [9.17, 15) is 19.8 Å². The van der Waals surface area contributed by atoms with Crippen LogP contribution < -0.4 is 0 Å². The number of rotatable bonds is 3. The Labute approximate surface area is 165 Å². The molecule has 5 fully saturated rings. The number of fused-ring (bicyclic) bond motifs is 6. The van der Waals surface area contributed by atoms with Crippen molar-refractivity contribution in [3.05, 3.63) is 11.6 Å². The van der Waals surface area contributed by atoms with Gasteiger partial charge in [0.15, 0.2) is 5.78 Å². The number of epoxide rings is 1. The number of hydrogen-bond donors (Lipinski definition) is 2. The molecule has 1 spiro atoms. The first-order valence-corrected chi connectivity index (χ1v) is 11.0. The molecule has 0 amide bonds. The first kappa shape index (κ1) is 17.6. The van der Waals surface area contributed by atoms with Crippen LogP contribution in [-0.2, 0) is 14.3 Å². The highest BCUT2D eigenvalue weighted by atomic mass is 16.6. The van der Waals surface area contributed by atoms with E-state index in [2.05, 4.69) is 13.8 Å². The lowest BCUT2D eigenvalue weighted by atomic mass is 9.46. The minimum absolute atomic E-state index is 0.0267. The lowest BCUT2D eigenvalue weighted by molar-refractivity contribution is -0.144. The van der Waals surface area contributed by atoms with Gasteiger partial charge in [-0.25, -0.2) is 0 Å². The van der Waals surface area contributed by atoms with Gasteiger partial charge in [-0.1, -0.05) is 19.4 Å². The molecule has 0 aromatic heterocycles. The number of carbonyl (C=O) groups is 2. The Kier molecular flexibility index (Phi) is 3.10. The van der Waals surface area contributed by atoms with Crippen LogP contribution in [0.25, 0.3) is 0 Å². The van der Waals surface area contributed by atoms with Crippen molar-refractivity contribution in [1.29, 1.82) is 0 Å². The van der Waals surface area contributed by atoms with Crippen molar-refractivity contribution in [1.82, 2.24) is 0 Å². The zero-order valence-corrected chi connectivity index (χ0v) is 16.7. The molecule has 5 nitrogen and oxygen atoms in total. The lowest BCUT2D eigenvalue weighted by Gasteiger charge is -2.56. The number of carboxylic acids is 1. The summed E-state index contributed by atoms with van der Waals surface area (Å²) >= 11 is 0. The Morgan fingerprint density at radius 3 is 2.86 bits per heavy atom. The van der Waals surface area contributed by atoms with Crippen molar-refractivity contribution < 1.29 is 24.5 Å². The summed E-state index contributed by atoms with van der Waals surface area (Å²) in [5.41, 5.74) is -0.0168. The van der Waals surface area contributed by atoms with E-state index in [0.29, 0.717) is 42.9 Å². The van der Waals surface area contributed by atoms with Gasteiger partial charge in [0.1, 0.15) is 5.60 Å². The number of ketones is 1. The van der Waals surface area contributed by atoms with E-state index in [1.165, 1.54) is 5.57 Å². The number of carbonyl (C=O) groups excluding carboxylic acids is 1. The second-order valence-electron chi connectivity index (χ2n) is 11.0. The van der Waals surface area contributed by atoms with Gasteiger partial charge in [0.2, 0.25) is 0 Å². The summed E-state index contributed by atoms with van der Waals surface area (Å²) < 4.78 is 6.62. The summed E-state index contributed by atoms with van der Waals surface area (Å²) in [6, 6.07) is 0. The Morgan fingerprint density at radius 2 is 2.11 bits per heavy atom. The first-order valence-electron chi connectivity index (χ1n) is 11.0. The molecule has 4 saturated carbocycles. The normalized spacial score (nSPS) is 57.9. The molecule has 6 aliphatic rings. The minimum Gasteiger partial charge on any atom is -0.481 e. The van der Waals surface area contributed by atoms with Crippen LogP contribution in [-0.4, -0.2) is 39.3 Å². The molecule has 152 valence electrons. The highest BCUT2D eigenvalue weighted by Crippen LogP contribution is 2.82. The van der Waals surface area contributed by atoms with E-state index < -0.39 is 11.6 Å². The van der Waals surface area contributed by atoms with Gasteiger partial charge in [0.05, 0.1) is 11.7 Å². The van der Waals surface area contributed by atoms with Gasteiger partial charge in [-0.2, -0.15) is 0 Å². The molecule has 2 N–H and O–H groups in total. The molecular formula is C23H30O5. The number of ether oxygens (including phenoxy) is 1. The fourth-order valence-corrected chi connectivity index (χ4v) is 8.66. The second kappa shape index (κ2) is 4.92. The average molecular weight is 386 g/mol. The van der Waals surface area contributed by atoms with E-state index in [4.69, 9.17) is 4.74 Å². The molecule has 0 aromatic carbocycles. The summed E-state index contributed by atoms with van der Waals surface area (Å²) in [7, 11) is 0. The van der Waals surface area contributed by atoms with E-state index in [0.717, 1.165) is 25.7 Å². The summed E-state index contributed by atoms with van der Waals surface area (Å²) in [5.74, 6) is 1.36. The molecule has 5 heteroatoms. The lowest BCUT2D eigenvalue weighted by Crippen LogP contribution is -2.60. The van der Waals surface area contributed by atoms with E-state index in [1.54, 1.807) is 0 Å². The Morgan fingerprint density at radius 1 is 1.32 bits per heavy atom. The van der Waals surface area contributed by atoms with Crippen LogP contribution in [0.5, 0.6) is 0 Å². The summed E-state index contributed by atoms with van der Waals surface area (Å²) in [5, 5.41) is 20.8. The third kappa shape index (κ3) is 1.78. The van der Waals surface area contributed by atoms with Gasteiger partial charge in [0, 0.05) is 23.7 Å². The fraction of sp³-hybridized carbons (Fsp3) is 0.826. The van der Waals surface area contributed by atoms with Crippen molar-refractivity contribution in [2.24, 2.45) is 34.5 Å². The van der Waals surface area contributed by atoms with Gasteiger partial charge in [-0.05, 0) is 68.3 Å². The first-order chi connectivity index (χ1) is 13.2. The molecule has 1 heterocycles. The van der Waals surface area contributed by atoms with Crippen LogP contribution in [0.2, 0.25) is 0 Å². The standard InChI is InChI=1S/C23H30O5/c1-20-6-3-12(24)9-16(20)13-10-14(13)19-15-4-7-22(27,8-5-18(25)26)21(15,2)11-17-23(19,20)28-17/h9,13-15,17,19,27H,3-8,10-11H2,1-2H3,(H,25,26)/t13?,14?,15-,17-,19-,20-,21-,22+,23?/m0/s1. The third-order valence-corrected chi connectivity index (χ3v) is 10.2. The molecule has 0 aromatic rings. The molecule has 28 heavy (non-hydrogen) atoms. The van der Waals surface area contributed by atoms with E-state index >= 15 is 0 Å². The van der Waals surface area contributed by atoms with Crippen molar-refractivity contribution in [3.63, 3.8) is 0 Å². The highest BCUT2D eigenvalue weighted by Gasteiger charge is 2.84. The van der Waals surface area contributed by atoms with Crippen molar-refractivity contribution in [2.75, 3.05) is 0 Å². The molecule has 1 saturated heterocycles. The van der Waals surface area contributed by atoms with E-state index in [-0.39, 0.29) is 34.7 Å². The predicted octanol–water partition coefficient (Wildman–Crippen LogP) is 3.10. The maximum atomic E-state index is 12.1. The Bertz CT molecular complexity index is 833. The zero-order valence-electron chi connectivity index (χ0n) is 16.7. The number of aliphatic hydroxyl groups is 1. The third-order valence-electron chi connectivity index (χ3n) is 10.2. The highest BCUT2D eigenvalue weighted by molar-refractivity contribution is 5.92. The minimum atomic E-state index is -0.905. The molecular weight excluding hydrogens is 356 g/mol. The number of carboxylic acid groups (broad SMARTS) is 1. The fourth-order valence-electron chi connectivity index (χ4n) is 8.66. The topological polar surface area (TPSA) is 87.1 Å². The SMILES string of the molecule is C[C@]12CCC(=O)C=C1C1CC1[C@H]1[C@@H]3CC[C@@](O)(CCC(=O)O)[C@@]3(C)C[C@@H]3OC312. The molecule has 1 aliphatic heterocycles. The van der Waals surface area contributed by atoms with Crippen molar-refractivity contribution in [2.45, 2.75) is 82.5 Å². The Balaban J connectivity index is 1.40. The van der Waals surface area contributed by atoms with Gasteiger partial charge in [-0.15, -0.1) is 0 Å². The van der Waals surface area contributed by atoms with Crippen LogP contribution in [0.15, 0.2) is 11.6 Å². The van der Waals surface area contributed by atoms with Crippen LogP contribution in [0.4, 0.5) is 0 Å². The van der Waals surface area contributed by atoms with E-state index in [1.807, 2.05) is 6.08 Å². The summed E-state index contributed by atoms with van der Waals surface area (Å²) in [6.07, 6.45) is 7.59. The molecule has 5 aliphatic carbocycles. The van der Waals surface area contributed by atoms with Gasteiger partial charge in [0.25, 0.3) is 0 Å². The quantitative estimate of drug-likeness (QED) is 0.728. The molecule has 0 radical (unpaired) electrons. The predicted molar refractivity (Wildman–Crippen MR) is 100 cm³/mol. The zero-order chi connectivity index (χ0) is 19.7. The Hall–Kier alpha value is -1.20. The van der Waals surface area contributed by atoms with Gasteiger partial charge >= 0.3 is 5.97 Å².